The highest BCUT2D eigenvalue weighted by Gasteiger charge is 2.24. The van der Waals surface area contributed by atoms with Crippen LogP contribution in [0.4, 0.5) is 5.82 Å². The maximum absolute atomic E-state index is 9.44. The Bertz CT molecular complexity index is 413. The number of nitrogens with zero attached hydrogens (tertiary/aromatic N) is 3. The van der Waals surface area contributed by atoms with E-state index in [0.717, 1.165) is 42.0 Å². The van der Waals surface area contributed by atoms with Crippen LogP contribution in [0.3, 0.4) is 0 Å². The van der Waals surface area contributed by atoms with Gasteiger partial charge in [0.1, 0.15) is 5.82 Å². The fourth-order valence-electron chi connectivity index (χ4n) is 2.53. The second kappa shape index (κ2) is 5.99. The lowest BCUT2D eigenvalue weighted by Crippen LogP contribution is -2.52. The first-order valence-electron chi connectivity index (χ1n) is 6.40. The van der Waals surface area contributed by atoms with Crippen molar-refractivity contribution >= 4 is 21.7 Å². The van der Waals surface area contributed by atoms with Gasteiger partial charge in [-0.05, 0) is 35.5 Å². The second-order valence-corrected chi connectivity index (χ2v) is 5.63. The van der Waals surface area contributed by atoms with Gasteiger partial charge in [-0.25, -0.2) is 4.98 Å². The molecule has 1 aliphatic rings. The highest BCUT2D eigenvalue weighted by Crippen LogP contribution is 2.24. The lowest BCUT2D eigenvalue weighted by molar-refractivity contribution is 0.198. The van der Waals surface area contributed by atoms with Crippen LogP contribution in [0.25, 0.3) is 0 Å². The molecule has 0 radical (unpaired) electrons. The summed E-state index contributed by atoms with van der Waals surface area (Å²) in [5, 5.41) is 9.44. The summed E-state index contributed by atoms with van der Waals surface area (Å²) in [6.45, 7) is 8.56. The molecule has 0 spiro atoms. The van der Waals surface area contributed by atoms with Crippen molar-refractivity contribution in [1.29, 1.82) is 0 Å². The summed E-state index contributed by atoms with van der Waals surface area (Å²) in [7, 11) is 0. The predicted molar refractivity (Wildman–Crippen MR) is 76.8 cm³/mol. The van der Waals surface area contributed by atoms with E-state index in [1.165, 1.54) is 0 Å². The van der Waals surface area contributed by atoms with Crippen LogP contribution in [0, 0.1) is 0 Å². The number of hydrogen-bond donors (Lipinski definition) is 1. The molecule has 1 aliphatic heterocycles. The molecule has 5 heteroatoms. The van der Waals surface area contributed by atoms with Crippen LogP contribution in [0.15, 0.2) is 16.7 Å². The summed E-state index contributed by atoms with van der Waals surface area (Å²) in [5.74, 6) is 0.920. The number of rotatable bonds is 3. The summed E-state index contributed by atoms with van der Waals surface area (Å²) in [6.07, 6.45) is 1.80. The van der Waals surface area contributed by atoms with Gasteiger partial charge in [0.15, 0.2) is 0 Å². The Kier molecular flexibility index (Phi) is 4.59. The quantitative estimate of drug-likeness (QED) is 0.924. The van der Waals surface area contributed by atoms with Gasteiger partial charge in [-0.1, -0.05) is 6.92 Å². The van der Waals surface area contributed by atoms with Gasteiger partial charge in [0, 0.05) is 41.9 Å². The van der Waals surface area contributed by atoms with E-state index in [1.54, 1.807) is 6.20 Å². The molecule has 0 amide bonds. The number of piperazine rings is 1. The number of aromatic nitrogens is 1. The number of likely N-dealkylation sites (N-methyl/N-ethyl adjacent to an activating group) is 1. The van der Waals surface area contributed by atoms with E-state index >= 15 is 0 Å². The molecule has 2 rings (SSSR count). The summed E-state index contributed by atoms with van der Waals surface area (Å²) < 4.78 is 0.913. The van der Waals surface area contributed by atoms with Crippen LogP contribution in [0.5, 0.6) is 0 Å². The van der Waals surface area contributed by atoms with E-state index in [9.17, 15) is 5.11 Å². The van der Waals surface area contributed by atoms with E-state index in [2.05, 4.69) is 44.6 Å². The van der Waals surface area contributed by atoms with E-state index < -0.39 is 0 Å². The van der Waals surface area contributed by atoms with Crippen molar-refractivity contribution in [1.82, 2.24) is 9.88 Å². The number of hydrogen-bond acceptors (Lipinski definition) is 4. The Morgan fingerprint density at radius 2 is 2.28 bits per heavy atom. The Labute approximate surface area is 117 Å². The smallest absolute Gasteiger partial charge is 0.134 e. The number of anilines is 1. The third kappa shape index (κ3) is 2.84. The lowest BCUT2D eigenvalue weighted by atomic mass is 10.1. The van der Waals surface area contributed by atoms with Crippen molar-refractivity contribution in [2.24, 2.45) is 0 Å². The Hall–Kier alpha value is -0.650. The Morgan fingerprint density at radius 3 is 2.89 bits per heavy atom. The van der Waals surface area contributed by atoms with Gasteiger partial charge in [-0.2, -0.15) is 0 Å². The topological polar surface area (TPSA) is 39.6 Å². The molecule has 100 valence electrons. The first-order valence-corrected chi connectivity index (χ1v) is 7.19. The minimum absolute atomic E-state index is 0.0319. The van der Waals surface area contributed by atoms with Gasteiger partial charge in [0.25, 0.3) is 0 Å². The Balaban J connectivity index is 2.17. The van der Waals surface area contributed by atoms with E-state index in [0.29, 0.717) is 6.04 Å². The van der Waals surface area contributed by atoms with Crippen LogP contribution in [-0.4, -0.2) is 47.2 Å². The summed E-state index contributed by atoms with van der Waals surface area (Å²) >= 11 is 3.39. The predicted octanol–water partition coefficient (Wildman–Crippen LogP) is 1.87. The Morgan fingerprint density at radius 1 is 1.50 bits per heavy atom. The zero-order valence-electron chi connectivity index (χ0n) is 10.9. The summed E-state index contributed by atoms with van der Waals surface area (Å²) in [5.41, 5.74) is 0.890. The fraction of sp³-hybridized carbons (Fsp3) is 0.615. The number of aliphatic hydroxyl groups is 1. The molecule has 0 aliphatic carbocycles. The zero-order valence-corrected chi connectivity index (χ0v) is 12.5. The van der Waals surface area contributed by atoms with E-state index in [-0.39, 0.29) is 6.61 Å². The highest BCUT2D eigenvalue weighted by atomic mass is 79.9. The van der Waals surface area contributed by atoms with Gasteiger partial charge >= 0.3 is 0 Å². The van der Waals surface area contributed by atoms with Crippen LogP contribution >= 0.6 is 15.9 Å². The standard InChI is InChI=1S/C13H20BrN3O/c1-3-16-4-5-17(8-10(16)2)13-11(9-18)6-12(14)7-15-13/h6-7,10,18H,3-5,8-9H2,1-2H3. The lowest BCUT2D eigenvalue weighted by Gasteiger charge is -2.40. The maximum Gasteiger partial charge on any atom is 0.134 e. The van der Waals surface area contributed by atoms with Crippen molar-refractivity contribution in [3.8, 4) is 0 Å². The molecule has 0 aromatic carbocycles. The normalized spacial score (nSPS) is 21.3. The first-order chi connectivity index (χ1) is 8.65. The number of aliphatic hydroxyl groups excluding tert-OH is 1. The van der Waals surface area contributed by atoms with Gasteiger partial charge in [-0.3, -0.25) is 4.90 Å². The van der Waals surface area contributed by atoms with Crippen LogP contribution < -0.4 is 4.90 Å². The van der Waals surface area contributed by atoms with Gasteiger partial charge in [0.2, 0.25) is 0 Å². The number of halogens is 1. The minimum Gasteiger partial charge on any atom is -0.392 e. The molecule has 1 N–H and O–H groups in total. The van der Waals surface area contributed by atoms with Crippen molar-refractivity contribution in [3.63, 3.8) is 0 Å². The molecule has 1 aromatic rings. The molecule has 1 saturated heterocycles. The second-order valence-electron chi connectivity index (χ2n) is 4.72. The molecule has 0 saturated carbocycles. The van der Waals surface area contributed by atoms with Crippen LogP contribution in [0.2, 0.25) is 0 Å². The number of pyridine rings is 1. The molecule has 1 atom stereocenters. The molecular weight excluding hydrogens is 294 g/mol. The molecule has 1 aromatic heterocycles. The highest BCUT2D eigenvalue weighted by molar-refractivity contribution is 9.10. The van der Waals surface area contributed by atoms with E-state index in [4.69, 9.17) is 0 Å². The summed E-state index contributed by atoms with van der Waals surface area (Å²) in [4.78, 5) is 9.20. The summed E-state index contributed by atoms with van der Waals surface area (Å²) in [6, 6.07) is 2.47. The molecule has 1 unspecified atom stereocenters. The van der Waals surface area contributed by atoms with Crippen molar-refractivity contribution < 1.29 is 5.11 Å². The average Bonchev–Trinajstić information content (AvgIpc) is 2.38. The van der Waals surface area contributed by atoms with Gasteiger partial charge in [-0.15, -0.1) is 0 Å². The van der Waals surface area contributed by atoms with Crippen LogP contribution in [0.1, 0.15) is 19.4 Å². The molecular formula is C13H20BrN3O. The molecule has 4 nitrogen and oxygen atoms in total. The minimum atomic E-state index is 0.0319. The van der Waals surface area contributed by atoms with Crippen molar-refractivity contribution in [2.75, 3.05) is 31.1 Å². The zero-order chi connectivity index (χ0) is 13.1. The van der Waals surface area contributed by atoms with Gasteiger partial charge < -0.3 is 10.0 Å². The average molecular weight is 314 g/mol. The van der Waals surface area contributed by atoms with Gasteiger partial charge in [0.05, 0.1) is 6.61 Å². The maximum atomic E-state index is 9.44. The van der Waals surface area contributed by atoms with Crippen LogP contribution in [-0.2, 0) is 6.61 Å². The van der Waals surface area contributed by atoms with Crippen molar-refractivity contribution in [3.05, 3.63) is 22.3 Å². The fourth-order valence-corrected chi connectivity index (χ4v) is 2.91. The van der Waals surface area contributed by atoms with Crippen molar-refractivity contribution in [2.45, 2.75) is 26.5 Å². The van der Waals surface area contributed by atoms with E-state index in [1.807, 2.05) is 6.07 Å². The molecule has 2 heterocycles. The molecule has 0 bridgehead atoms. The molecule has 1 fully saturated rings. The third-order valence-electron chi connectivity index (χ3n) is 3.55. The third-order valence-corrected chi connectivity index (χ3v) is 3.98. The molecule has 18 heavy (non-hydrogen) atoms. The monoisotopic (exact) mass is 313 g/mol. The first kappa shape index (κ1) is 13.8. The largest absolute Gasteiger partial charge is 0.392 e. The SMILES string of the molecule is CCN1CCN(c2ncc(Br)cc2CO)CC1C.